The molecule has 0 spiro atoms. The lowest BCUT2D eigenvalue weighted by Crippen LogP contribution is -1.74. The summed E-state index contributed by atoms with van der Waals surface area (Å²) < 4.78 is 0. The summed E-state index contributed by atoms with van der Waals surface area (Å²) in [6, 6.07) is 7.08. The van der Waals surface area contributed by atoms with Crippen molar-refractivity contribution in [2.75, 3.05) is 0 Å². The Labute approximate surface area is 75.8 Å². The topological polar surface area (TPSA) is 45.0 Å². The summed E-state index contributed by atoms with van der Waals surface area (Å²) >= 11 is 0. The highest BCUT2D eigenvalue weighted by atomic mass is 16.3. The molecule has 0 amide bonds. The van der Waals surface area contributed by atoms with E-state index in [2.05, 4.69) is 9.98 Å². The van der Waals surface area contributed by atoms with Gasteiger partial charge in [0.2, 0.25) is 0 Å². The summed E-state index contributed by atoms with van der Waals surface area (Å²) in [5, 5.41) is 9.42. The van der Waals surface area contributed by atoms with Gasteiger partial charge in [-0.25, -0.2) is 9.98 Å². The Kier molecular flexibility index (Phi) is 1.92. The Bertz CT molecular complexity index is 391. The first-order valence-corrected chi connectivity index (χ1v) is 3.93. The fourth-order valence-electron chi connectivity index (χ4n) is 1.08. The molecule has 0 aromatic heterocycles. The number of hydrogen-bond acceptors (Lipinski definition) is 3. The highest BCUT2D eigenvalue weighted by Crippen LogP contribution is 2.19. The minimum atomic E-state index is 0.243. The lowest BCUT2D eigenvalue weighted by atomic mass is 10.2. The molecule has 1 aromatic rings. The van der Waals surface area contributed by atoms with Gasteiger partial charge >= 0.3 is 0 Å². The molecule has 1 aliphatic heterocycles. The van der Waals surface area contributed by atoms with Gasteiger partial charge in [0.05, 0.1) is 0 Å². The molecule has 13 heavy (non-hydrogen) atoms. The number of nitrogens with zero attached hydrogens (tertiary/aromatic N) is 2. The minimum absolute atomic E-state index is 0.243. The highest BCUT2D eigenvalue weighted by Gasteiger charge is 1.99. The van der Waals surface area contributed by atoms with Gasteiger partial charge in [0.15, 0.2) is 5.82 Å². The average molecular weight is 172 g/mol. The van der Waals surface area contributed by atoms with Crippen LogP contribution >= 0.6 is 0 Å². The molecule has 0 bridgehead atoms. The van der Waals surface area contributed by atoms with E-state index < -0.39 is 0 Å². The standard InChI is InChI=1S/C10H8N2O/c13-9-4-2-1-3-8(9)7-10-11-5-6-12-10/h1-7,13H. The molecule has 1 N–H and O–H groups in total. The maximum absolute atomic E-state index is 9.42. The Balaban J connectivity index is 2.37. The van der Waals surface area contributed by atoms with Gasteiger partial charge in [-0.1, -0.05) is 18.2 Å². The van der Waals surface area contributed by atoms with Gasteiger partial charge in [-0.2, -0.15) is 0 Å². The van der Waals surface area contributed by atoms with Gasteiger partial charge in [-0.3, -0.25) is 0 Å². The van der Waals surface area contributed by atoms with Crippen LogP contribution in [-0.2, 0) is 0 Å². The summed E-state index contributed by atoms with van der Waals surface area (Å²) in [5.41, 5.74) is 0.730. The van der Waals surface area contributed by atoms with Crippen LogP contribution < -0.4 is 0 Å². The van der Waals surface area contributed by atoms with E-state index >= 15 is 0 Å². The van der Waals surface area contributed by atoms with Crippen molar-refractivity contribution >= 4 is 18.5 Å². The maximum atomic E-state index is 9.42. The molecular formula is C10H8N2O. The van der Waals surface area contributed by atoms with E-state index in [1.807, 2.05) is 12.1 Å². The van der Waals surface area contributed by atoms with Crippen molar-refractivity contribution in [3.63, 3.8) is 0 Å². The van der Waals surface area contributed by atoms with Crippen LogP contribution in [0.25, 0.3) is 6.08 Å². The number of benzene rings is 1. The summed E-state index contributed by atoms with van der Waals surface area (Å²) in [6.07, 6.45) is 4.97. The van der Waals surface area contributed by atoms with Crippen LogP contribution in [-0.4, -0.2) is 17.5 Å². The molecule has 2 rings (SSSR count). The van der Waals surface area contributed by atoms with Gasteiger partial charge in [-0.15, -0.1) is 0 Å². The third-order valence-electron chi connectivity index (χ3n) is 1.70. The number of phenolic OH excluding ortho intramolecular Hbond substituents is 1. The maximum Gasteiger partial charge on any atom is 0.152 e. The van der Waals surface area contributed by atoms with Gasteiger partial charge in [0, 0.05) is 18.0 Å². The third kappa shape index (κ3) is 1.64. The van der Waals surface area contributed by atoms with Gasteiger partial charge in [0.1, 0.15) is 5.75 Å². The van der Waals surface area contributed by atoms with Crippen molar-refractivity contribution in [2.24, 2.45) is 9.98 Å². The van der Waals surface area contributed by atoms with Crippen molar-refractivity contribution in [1.29, 1.82) is 0 Å². The van der Waals surface area contributed by atoms with E-state index in [4.69, 9.17) is 0 Å². The Hall–Kier alpha value is -1.90. The molecular weight excluding hydrogens is 164 g/mol. The minimum Gasteiger partial charge on any atom is -0.507 e. The predicted molar refractivity (Wildman–Crippen MR) is 53.1 cm³/mol. The molecule has 1 aromatic carbocycles. The monoisotopic (exact) mass is 172 g/mol. The smallest absolute Gasteiger partial charge is 0.152 e. The first-order chi connectivity index (χ1) is 6.36. The number of rotatable bonds is 1. The van der Waals surface area contributed by atoms with Gasteiger partial charge in [-0.05, 0) is 12.1 Å². The van der Waals surface area contributed by atoms with E-state index in [1.165, 1.54) is 0 Å². The van der Waals surface area contributed by atoms with Crippen molar-refractivity contribution in [2.45, 2.75) is 0 Å². The fourth-order valence-corrected chi connectivity index (χ4v) is 1.08. The summed E-state index contributed by atoms with van der Waals surface area (Å²) in [5.74, 6) is 0.855. The molecule has 0 aliphatic carbocycles. The number of hydrogen-bond donors (Lipinski definition) is 1. The lowest BCUT2D eigenvalue weighted by molar-refractivity contribution is 0.474. The molecule has 0 fully saturated rings. The predicted octanol–water partition coefficient (Wildman–Crippen LogP) is 1.85. The summed E-state index contributed by atoms with van der Waals surface area (Å²) in [7, 11) is 0. The zero-order valence-corrected chi connectivity index (χ0v) is 6.88. The average Bonchev–Trinajstić information content (AvgIpc) is 2.61. The molecule has 3 heteroatoms. The van der Waals surface area contributed by atoms with E-state index in [0.717, 1.165) is 5.56 Å². The second-order valence-corrected chi connectivity index (χ2v) is 2.62. The van der Waals surface area contributed by atoms with Gasteiger partial charge in [0.25, 0.3) is 0 Å². The van der Waals surface area contributed by atoms with Crippen LogP contribution in [0, 0.1) is 0 Å². The molecule has 1 aliphatic rings. The van der Waals surface area contributed by atoms with E-state index in [0.29, 0.717) is 5.82 Å². The molecule has 3 nitrogen and oxygen atoms in total. The van der Waals surface area contributed by atoms with E-state index in [9.17, 15) is 5.11 Å². The second-order valence-electron chi connectivity index (χ2n) is 2.62. The lowest BCUT2D eigenvalue weighted by Gasteiger charge is -1.96. The van der Waals surface area contributed by atoms with Gasteiger partial charge < -0.3 is 5.11 Å². The van der Waals surface area contributed by atoms with Crippen molar-refractivity contribution in [3.05, 3.63) is 35.6 Å². The first kappa shape index (κ1) is 7.73. The Morgan fingerprint density at radius 1 is 1.08 bits per heavy atom. The van der Waals surface area contributed by atoms with E-state index in [1.54, 1.807) is 30.6 Å². The number of phenols is 1. The van der Waals surface area contributed by atoms with Crippen LogP contribution in [0.1, 0.15) is 5.56 Å². The highest BCUT2D eigenvalue weighted by molar-refractivity contribution is 6.18. The summed E-state index contributed by atoms with van der Waals surface area (Å²) in [4.78, 5) is 7.95. The molecule has 0 saturated carbocycles. The summed E-state index contributed by atoms with van der Waals surface area (Å²) in [6.45, 7) is 0. The van der Waals surface area contributed by atoms with Crippen LogP contribution in [0.5, 0.6) is 5.75 Å². The quantitative estimate of drug-likeness (QED) is 0.690. The van der Waals surface area contributed by atoms with Crippen molar-refractivity contribution in [1.82, 2.24) is 0 Å². The molecule has 0 saturated heterocycles. The SMILES string of the molecule is Oc1ccccc1C=C1N=CC=N1. The Morgan fingerprint density at radius 3 is 2.46 bits per heavy atom. The molecule has 1 heterocycles. The normalized spacial score (nSPS) is 13.7. The first-order valence-electron chi connectivity index (χ1n) is 3.93. The van der Waals surface area contributed by atoms with Crippen LogP contribution in [0.2, 0.25) is 0 Å². The van der Waals surface area contributed by atoms with Crippen molar-refractivity contribution in [3.8, 4) is 5.75 Å². The van der Waals surface area contributed by atoms with Crippen LogP contribution in [0.4, 0.5) is 0 Å². The number of para-hydroxylation sites is 1. The largest absolute Gasteiger partial charge is 0.507 e. The zero-order valence-electron chi connectivity index (χ0n) is 6.88. The number of aromatic hydroxyl groups is 1. The molecule has 0 radical (unpaired) electrons. The zero-order chi connectivity index (χ0) is 9.10. The number of aliphatic imine (C=N–C) groups is 2. The fraction of sp³-hybridized carbons (Fsp3) is 0. The molecule has 0 atom stereocenters. The molecule has 64 valence electrons. The van der Waals surface area contributed by atoms with Crippen LogP contribution in [0.15, 0.2) is 40.1 Å². The third-order valence-corrected chi connectivity index (χ3v) is 1.70. The molecule has 0 unspecified atom stereocenters. The Morgan fingerprint density at radius 2 is 1.77 bits per heavy atom. The van der Waals surface area contributed by atoms with Crippen LogP contribution in [0.3, 0.4) is 0 Å². The van der Waals surface area contributed by atoms with Crippen molar-refractivity contribution < 1.29 is 5.11 Å². The second kappa shape index (κ2) is 3.23. The van der Waals surface area contributed by atoms with E-state index in [-0.39, 0.29) is 5.75 Å².